The first-order valence-electron chi connectivity index (χ1n) is 4.78. The number of nitrogens with zero attached hydrogens (tertiary/aromatic N) is 3. The van der Waals surface area contributed by atoms with Crippen LogP contribution in [-0.4, -0.2) is 15.0 Å². The van der Waals surface area contributed by atoms with Gasteiger partial charge >= 0.3 is 6.18 Å². The molecule has 0 N–H and O–H groups in total. The van der Waals surface area contributed by atoms with E-state index in [4.69, 9.17) is 0 Å². The fourth-order valence-corrected chi connectivity index (χ4v) is 1.29. The third-order valence-corrected chi connectivity index (χ3v) is 2.18. The highest BCUT2D eigenvalue weighted by Crippen LogP contribution is 2.30. The molecule has 88 valence electrons. The van der Waals surface area contributed by atoms with Gasteiger partial charge in [-0.25, -0.2) is 9.97 Å². The maximum atomic E-state index is 12.5. The zero-order valence-electron chi connectivity index (χ0n) is 8.86. The van der Waals surface area contributed by atoms with Gasteiger partial charge in [0.15, 0.2) is 0 Å². The standard InChI is InChI=1S/C11H8F3N3/c1-7-16-4-9(5-17-7)8-2-10(6-15-3-8)11(12,13)14/h2-6H,1H3. The number of aryl methyl sites for hydroxylation is 1. The van der Waals surface area contributed by atoms with Crippen LogP contribution >= 0.6 is 0 Å². The van der Waals surface area contributed by atoms with Crippen molar-refractivity contribution in [1.29, 1.82) is 0 Å². The van der Waals surface area contributed by atoms with Gasteiger partial charge in [0.25, 0.3) is 0 Å². The summed E-state index contributed by atoms with van der Waals surface area (Å²) in [5, 5.41) is 0. The first-order chi connectivity index (χ1) is 7.97. The summed E-state index contributed by atoms with van der Waals surface area (Å²) in [5.74, 6) is 0.564. The van der Waals surface area contributed by atoms with Crippen LogP contribution in [0.15, 0.2) is 30.9 Å². The lowest BCUT2D eigenvalue weighted by Gasteiger charge is -2.07. The average molecular weight is 239 g/mol. The largest absolute Gasteiger partial charge is 0.417 e. The number of hydrogen-bond acceptors (Lipinski definition) is 3. The number of alkyl halides is 3. The quantitative estimate of drug-likeness (QED) is 0.768. The summed E-state index contributed by atoms with van der Waals surface area (Å²) in [5.41, 5.74) is 0.0737. The second-order valence-electron chi connectivity index (χ2n) is 3.48. The van der Waals surface area contributed by atoms with Crippen molar-refractivity contribution < 1.29 is 13.2 Å². The Labute approximate surface area is 95.4 Å². The van der Waals surface area contributed by atoms with E-state index in [1.165, 1.54) is 18.6 Å². The van der Waals surface area contributed by atoms with Gasteiger partial charge < -0.3 is 0 Å². The van der Waals surface area contributed by atoms with Crippen LogP contribution in [0.4, 0.5) is 13.2 Å². The molecule has 2 aromatic rings. The molecule has 0 aromatic carbocycles. The van der Waals surface area contributed by atoms with E-state index in [1.54, 1.807) is 6.92 Å². The molecule has 2 rings (SSSR count). The molecule has 17 heavy (non-hydrogen) atoms. The summed E-state index contributed by atoms with van der Waals surface area (Å²) in [6, 6.07) is 1.03. The third kappa shape index (κ3) is 2.58. The van der Waals surface area contributed by atoms with Crippen molar-refractivity contribution in [1.82, 2.24) is 15.0 Å². The van der Waals surface area contributed by atoms with Crippen molar-refractivity contribution in [3.8, 4) is 11.1 Å². The Morgan fingerprint density at radius 1 is 0.941 bits per heavy atom. The van der Waals surface area contributed by atoms with Gasteiger partial charge in [0.1, 0.15) is 5.82 Å². The van der Waals surface area contributed by atoms with Gasteiger partial charge in [-0.15, -0.1) is 0 Å². The van der Waals surface area contributed by atoms with E-state index in [1.807, 2.05) is 0 Å². The Balaban J connectivity index is 2.43. The fraction of sp³-hybridized carbons (Fsp3) is 0.182. The third-order valence-electron chi connectivity index (χ3n) is 2.18. The molecule has 0 aliphatic carbocycles. The Kier molecular flexibility index (Phi) is 2.79. The molecular weight excluding hydrogens is 231 g/mol. The van der Waals surface area contributed by atoms with E-state index >= 15 is 0 Å². The molecule has 2 aromatic heterocycles. The second kappa shape index (κ2) is 4.12. The monoisotopic (exact) mass is 239 g/mol. The van der Waals surface area contributed by atoms with Gasteiger partial charge in [0, 0.05) is 35.9 Å². The molecule has 0 bridgehead atoms. The average Bonchev–Trinajstić information content (AvgIpc) is 2.29. The lowest BCUT2D eigenvalue weighted by Crippen LogP contribution is -2.05. The van der Waals surface area contributed by atoms with E-state index in [-0.39, 0.29) is 0 Å². The van der Waals surface area contributed by atoms with Crippen LogP contribution in [0.2, 0.25) is 0 Å². The predicted octanol–water partition coefficient (Wildman–Crippen LogP) is 2.87. The molecule has 0 unspecified atom stereocenters. The number of pyridine rings is 1. The second-order valence-corrected chi connectivity index (χ2v) is 3.48. The van der Waals surface area contributed by atoms with E-state index in [0.29, 0.717) is 17.0 Å². The van der Waals surface area contributed by atoms with Crippen LogP contribution in [0, 0.1) is 6.92 Å². The highest BCUT2D eigenvalue weighted by atomic mass is 19.4. The van der Waals surface area contributed by atoms with E-state index < -0.39 is 11.7 Å². The summed E-state index contributed by atoms with van der Waals surface area (Å²) >= 11 is 0. The zero-order valence-corrected chi connectivity index (χ0v) is 8.86. The van der Waals surface area contributed by atoms with Crippen LogP contribution < -0.4 is 0 Å². The number of rotatable bonds is 1. The molecule has 0 aliphatic heterocycles. The first kappa shape index (κ1) is 11.5. The molecule has 0 atom stereocenters. The maximum absolute atomic E-state index is 12.5. The Morgan fingerprint density at radius 2 is 1.59 bits per heavy atom. The molecular formula is C11H8F3N3. The molecule has 0 spiro atoms. The van der Waals surface area contributed by atoms with E-state index in [0.717, 1.165) is 12.3 Å². The van der Waals surface area contributed by atoms with Gasteiger partial charge in [-0.05, 0) is 13.0 Å². The first-order valence-corrected chi connectivity index (χ1v) is 4.78. The Bertz CT molecular complexity index is 520. The minimum Gasteiger partial charge on any atom is -0.263 e. The van der Waals surface area contributed by atoms with Crippen molar-refractivity contribution in [2.24, 2.45) is 0 Å². The van der Waals surface area contributed by atoms with Crippen LogP contribution in [0.3, 0.4) is 0 Å². The molecule has 0 radical (unpaired) electrons. The van der Waals surface area contributed by atoms with Crippen LogP contribution in [0.25, 0.3) is 11.1 Å². The minimum atomic E-state index is -4.39. The molecule has 3 nitrogen and oxygen atoms in total. The van der Waals surface area contributed by atoms with Gasteiger partial charge in [0.05, 0.1) is 5.56 Å². The molecule has 0 fully saturated rings. The van der Waals surface area contributed by atoms with Crippen LogP contribution in [-0.2, 0) is 6.18 Å². The molecule has 0 saturated heterocycles. The van der Waals surface area contributed by atoms with E-state index in [9.17, 15) is 13.2 Å². The van der Waals surface area contributed by atoms with Gasteiger partial charge in [-0.1, -0.05) is 0 Å². The van der Waals surface area contributed by atoms with Crippen molar-refractivity contribution in [3.63, 3.8) is 0 Å². The fourth-order valence-electron chi connectivity index (χ4n) is 1.29. The van der Waals surface area contributed by atoms with Gasteiger partial charge in [-0.3, -0.25) is 4.98 Å². The van der Waals surface area contributed by atoms with Gasteiger partial charge in [0.2, 0.25) is 0 Å². The summed E-state index contributed by atoms with van der Waals surface area (Å²) in [6.07, 6.45) is 0.690. The lowest BCUT2D eigenvalue weighted by atomic mass is 10.1. The lowest BCUT2D eigenvalue weighted by molar-refractivity contribution is -0.137. The molecule has 2 heterocycles. The van der Waals surface area contributed by atoms with Gasteiger partial charge in [-0.2, -0.15) is 13.2 Å². The summed E-state index contributed by atoms with van der Waals surface area (Å²) < 4.78 is 37.4. The number of hydrogen-bond donors (Lipinski definition) is 0. The summed E-state index contributed by atoms with van der Waals surface area (Å²) in [6.45, 7) is 1.70. The highest BCUT2D eigenvalue weighted by Gasteiger charge is 2.31. The summed E-state index contributed by atoms with van der Waals surface area (Å²) in [4.78, 5) is 11.4. The van der Waals surface area contributed by atoms with Crippen molar-refractivity contribution >= 4 is 0 Å². The number of halogens is 3. The normalized spacial score (nSPS) is 11.5. The molecule has 0 saturated carbocycles. The summed E-state index contributed by atoms with van der Waals surface area (Å²) in [7, 11) is 0. The minimum absolute atomic E-state index is 0.347. The topological polar surface area (TPSA) is 38.7 Å². The SMILES string of the molecule is Cc1ncc(-c2cncc(C(F)(F)F)c2)cn1. The number of aromatic nitrogens is 3. The zero-order chi connectivity index (χ0) is 12.5. The van der Waals surface area contributed by atoms with E-state index in [2.05, 4.69) is 15.0 Å². The smallest absolute Gasteiger partial charge is 0.263 e. The van der Waals surface area contributed by atoms with Crippen molar-refractivity contribution in [2.75, 3.05) is 0 Å². The van der Waals surface area contributed by atoms with Crippen molar-refractivity contribution in [2.45, 2.75) is 13.1 Å². The predicted molar refractivity (Wildman–Crippen MR) is 55.0 cm³/mol. The highest BCUT2D eigenvalue weighted by molar-refractivity contribution is 5.61. The molecule has 6 heteroatoms. The Hall–Kier alpha value is -1.98. The van der Waals surface area contributed by atoms with Crippen molar-refractivity contribution in [3.05, 3.63) is 42.2 Å². The van der Waals surface area contributed by atoms with Crippen LogP contribution in [0.1, 0.15) is 11.4 Å². The maximum Gasteiger partial charge on any atom is 0.417 e. The molecule has 0 amide bonds. The Morgan fingerprint density at radius 3 is 2.18 bits per heavy atom. The molecule has 0 aliphatic rings. The van der Waals surface area contributed by atoms with Crippen LogP contribution in [0.5, 0.6) is 0 Å².